The van der Waals surface area contributed by atoms with E-state index in [0.29, 0.717) is 5.75 Å². The average molecular weight is 205 g/mol. The Kier molecular flexibility index (Phi) is 2.58. The van der Waals surface area contributed by atoms with Crippen LogP contribution in [0.3, 0.4) is 0 Å². The van der Waals surface area contributed by atoms with Crippen molar-refractivity contribution in [3.63, 3.8) is 0 Å². The third kappa shape index (κ3) is 2.10. The van der Waals surface area contributed by atoms with Gasteiger partial charge in [-0.15, -0.1) is 0 Å². The molecule has 0 saturated carbocycles. The average Bonchev–Trinajstić information content (AvgIpc) is 2.72. The topological polar surface area (TPSA) is 47.6 Å². The van der Waals surface area contributed by atoms with Crippen LogP contribution >= 0.6 is 0 Å². The maximum absolute atomic E-state index is 11.0. The van der Waals surface area contributed by atoms with Gasteiger partial charge in [0.15, 0.2) is 11.5 Å². The molecule has 4 heteroatoms. The zero-order valence-corrected chi connectivity index (χ0v) is 8.32. The van der Waals surface area contributed by atoms with Crippen molar-refractivity contribution < 1.29 is 14.3 Å². The summed E-state index contributed by atoms with van der Waals surface area (Å²) in [6, 6.07) is 5.53. The standard InChI is InChI=1S/C11H11NO3/c1-12-11(13)5-3-8-2-4-9-10(6-8)15-7-14-9/h2-6H,7H2,1H3,(H,12,13)/b5-3+. The summed E-state index contributed by atoms with van der Waals surface area (Å²) in [5.41, 5.74) is 0.905. The molecule has 1 aromatic carbocycles. The van der Waals surface area contributed by atoms with E-state index in [4.69, 9.17) is 9.47 Å². The molecule has 4 nitrogen and oxygen atoms in total. The van der Waals surface area contributed by atoms with E-state index < -0.39 is 0 Å². The summed E-state index contributed by atoms with van der Waals surface area (Å²) in [7, 11) is 1.59. The maximum atomic E-state index is 11.0. The minimum Gasteiger partial charge on any atom is -0.454 e. The molecule has 0 radical (unpaired) electrons. The van der Waals surface area contributed by atoms with Gasteiger partial charge in [0.25, 0.3) is 0 Å². The van der Waals surface area contributed by atoms with E-state index >= 15 is 0 Å². The van der Waals surface area contributed by atoms with E-state index in [2.05, 4.69) is 5.32 Å². The van der Waals surface area contributed by atoms with Gasteiger partial charge >= 0.3 is 0 Å². The third-order valence-electron chi connectivity index (χ3n) is 2.07. The SMILES string of the molecule is CNC(=O)/C=C/c1ccc2c(c1)OCO2. The molecule has 1 aliphatic heterocycles. The minimum atomic E-state index is -0.132. The lowest BCUT2D eigenvalue weighted by Gasteiger charge is -1.97. The Labute approximate surface area is 87.5 Å². The fourth-order valence-corrected chi connectivity index (χ4v) is 1.27. The number of likely N-dealkylation sites (N-methyl/N-ethyl adjacent to an activating group) is 1. The normalized spacial score (nSPS) is 13.1. The van der Waals surface area contributed by atoms with Crippen molar-refractivity contribution in [3.05, 3.63) is 29.8 Å². The van der Waals surface area contributed by atoms with Crippen molar-refractivity contribution >= 4 is 12.0 Å². The molecule has 2 rings (SSSR count). The van der Waals surface area contributed by atoms with E-state index in [0.717, 1.165) is 11.3 Å². The summed E-state index contributed by atoms with van der Waals surface area (Å²) in [6.45, 7) is 0.262. The van der Waals surface area contributed by atoms with Gasteiger partial charge in [0.2, 0.25) is 12.7 Å². The summed E-state index contributed by atoms with van der Waals surface area (Å²) in [4.78, 5) is 11.0. The first kappa shape index (κ1) is 9.58. The number of ether oxygens (including phenoxy) is 2. The second kappa shape index (κ2) is 4.04. The van der Waals surface area contributed by atoms with Crippen molar-refractivity contribution in [3.8, 4) is 11.5 Å². The zero-order chi connectivity index (χ0) is 10.7. The van der Waals surface area contributed by atoms with Crippen molar-refractivity contribution in [2.45, 2.75) is 0 Å². The molecule has 1 heterocycles. The number of fused-ring (bicyclic) bond motifs is 1. The Balaban J connectivity index is 2.16. The Morgan fingerprint density at radius 1 is 1.40 bits per heavy atom. The van der Waals surface area contributed by atoms with Crippen molar-refractivity contribution in [1.29, 1.82) is 0 Å². The molecular weight excluding hydrogens is 194 g/mol. The van der Waals surface area contributed by atoms with Crippen LogP contribution in [0.5, 0.6) is 11.5 Å². The fourth-order valence-electron chi connectivity index (χ4n) is 1.27. The molecule has 0 aromatic heterocycles. The number of nitrogens with one attached hydrogen (secondary N) is 1. The van der Waals surface area contributed by atoms with Gasteiger partial charge in [-0.05, 0) is 23.8 Å². The Bertz CT molecular complexity index is 412. The van der Waals surface area contributed by atoms with E-state index in [1.165, 1.54) is 6.08 Å². The Morgan fingerprint density at radius 2 is 2.20 bits per heavy atom. The number of carbonyl (C=O) groups is 1. The number of benzene rings is 1. The van der Waals surface area contributed by atoms with Crippen molar-refractivity contribution in [2.24, 2.45) is 0 Å². The summed E-state index contributed by atoms with van der Waals surface area (Å²) < 4.78 is 10.4. The molecule has 0 spiro atoms. The second-order valence-electron chi connectivity index (χ2n) is 3.06. The molecule has 0 atom stereocenters. The number of amides is 1. The van der Waals surface area contributed by atoms with E-state index in [1.807, 2.05) is 18.2 Å². The van der Waals surface area contributed by atoms with Crippen LogP contribution in [-0.2, 0) is 4.79 Å². The predicted octanol–water partition coefficient (Wildman–Crippen LogP) is 1.17. The molecule has 0 aliphatic carbocycles. The predicted molar refractivity (Wildman–Crippen MR) is 55.7 cm³/mol. The third-order valence-corrected chi connectivity index (χ3v) is 2.07. The van der Waals surface area contributed by atoms with Crippen molar-refractivity contribution in [2.75, 3.05) is 13.8 Å². The monoisotopic (exact) mass is 205 g/mol. The van der Waals surface area contributed by atoms with Crippen LogP contribution in [0, 0.1) is 0 Å². The van der Waals surface area contributed by atoms with Crippen LogP contribution in [0.1, 0.15) is 5.56 Å². The molecule has 1 N–H and O–H groups in total. The first-order valence-corrected chi connectivity index (χ1v) is 4.59. The van der Waals surface area contributed by atoms with Crippen LogP contribution in [0.2, 0.25) is 0 Å². The smallest absolute Gasteiger partial charge is 0.243 e. The van der Waals surface area contributed by atoms with E-state index in [9.17, 15) is 4.79 Å². The lowest BCUT2D eigenvalue weighted by Crippen LogP contribution is -2.13. The summed E-state index contributed by atoms with van der Waals surface area (Å²) in [5.74, 6) is 1.33. The van der Waals surface area contributed by atoms with Gasteiger partial charge in [-0.25, -0.2) is 0 Å². The number of hydrogen-bond acceptors (Lipinski definition) is 3. The first-order chi connectivity index (χ1) is 7.29. The molecule has 1 amide bonds. The number of rotatable bonds is 2. The summed E-state index contributed by atoms with van der Waals surface area (Å²) >= 11 is 0. The lowest BCUT2D eigenvalue weighted by molar-refractivity contribution is -0.115. The minimum absolute atomic E-state index is 0.132. The zero-order valence-electron chi connectivity index (χ0n) is 8.32. The molecule has 1 aliphatic rings. The summed E-state index contributed by atoms with van der Waals surface area (Å²) in [5, 5.41) is 2.51. The Morgan fingerprint density at radius 3 is 3.00 bits per heavy atom. The number of carbonyl (C=O) groups excluding carboxylic acids is 1. The van der Waals surface area contributed by atoms with Gasteiger partial charge in [0.1, 0.15) is 0 Å². The van der Waals surface area contributed by atoms with Gasteiger partial charge in [-0.3, -0.25) is 4.79 Å². The molecule has 78 valence electrons. The highest BCUT2D eigenvalue weighted by Crippen LogP contribution is 2.32. The van der Waals surface area contributed by atoms with Crippen LogP contribution < -0.4 is 14.8 Å². The number of hydrogen-bond donors (Lipinski definition) is 1. The van der Waals surface area contributed by atoms with Gasteiger partial charge < -0.3 is 14.8 Å². The van der Waals surface area contributed by atoms with Gasteiger partial charge in [0, 0.05) is 13.1 Å². The van der Waals surface area contributed by atoms with Crippen LogP contribution in [0.25, 0.3) is 6.08 Å². The van der Waals surface area contributed by atoms with Crippen LogP contribution in [0.4, 0.5) is 0 Å². The van der Waals surface area contributed by atoms with Crippen LogP contribution in [0.15, 0.2) is 24.3 Å². The first-order valence-electron chi connectivity index (χ1n) is 4.59. The second-order valence-corrected chi connectivity index (χ2v) is 3.06. The molecule has 0 saturated heterocycles. The highest BCUT2D eigenvalue weighted by Gasteiger charge is 2.12. The van der Waals surface area contributed by atoms with E-state index in [-0.39, 0.29) is 12.7 Å². The highest BCUT2D eigenvalue weighted by atomic mass is 16.7. The van der Waals surface area contributed by atoms with E-state index in [1.54, 1.807) is 13.1 Å². The molecular formula is C11H11NO3. The molecule has 0 unspecified atom stereocenters. The van der Waals surface area contributed by atoms with Gasteiger partial charge in [0.05, 0.1) is 0 Å². The maximum Gasteiger partial charge on any atom is 0.243 e. The quantitative estimate of drug-likeness (QED) is 0.737. The Hall–Kier alpha value is -1.97. The van der Waals surface area contributed by atoms with Crippen LogP contribution in [-0.4, -0.2) is 19.7 Å². The van der Waals surface area contributed by atoms with Crippen molar-refractivity contribution in [1.82, 2.24) is 5.32 Å². The summed E-state index contributed by atoms with van der Waals surface area (Å²) in [6.07, 6.45) is 3.19. The molecule has 15 heavy (non-hydrogen) atoms. The molecule has 0 bridgehead atoms. The van der Waals surface area contributed by atoms with Gasteiger partial charge in [-0.1, -0.05) is 6.07 Å². The molecule has 0 fully saturated rings. The fraction of sp³-hybridized carbons (Fsp3) is 0.182. The largest absolute Gasteiger partial charge is 0.454 e. The highest BCUT2D eigenvalue weighted by molar-refractivity contribution is 5.91. The lowest BCUT2D eigenvalue weighted by atomic mass is 10.2. The molecule has 1 aromatic rings. The van der Waals surface area contributed by atoms with Gasteiger partial charge in [-0.2, -0.15) is 0 Å².